The van der Waals surface area contributed by atoms with Gasteiger partial charge in [0.15, 0.2) is 0 Å². The molecule has 6 nitrogen and oxygen atoms in total. The van der Waals surface area contributed by atoms with E-state index in [9.17, 15) is 0 Å². The summed E-state index contributed by atoms with van der Waals surface area (Å²) in [5.74, 6) is 0. The molecule has 0 heterocycles. The second kappa shape index (κ2) is 5.41. The molecule has 0 saturated carbocycles. The van der Waals surface area contributed by atoms with E-state index in [4.69, 9.17) is 31.3 Å². The zero-order chi connectivity index (χ0) is 9.72. The Morgan fingerprint density at radius 3 is 1.67 bits per heavy atom. The number of nitrogens with two attached hydrogens (primary N) is 1. The largest absolute Gasteiger partial charge is 0.394 e. The maximum absolute atomic E-state index is 9.04. The van der Waals surface area contributed by atoms with E-state index < -0.39 is 31.0 Å². The lowest BCUT2D eigenvalue weighted by molar-refractivity contribution is -0.112. The number of aliphatic hydroxyl groups excluding tert-OH is 5. The van der Waals surface area contributed by atoms with Gasteiger partial charge < -0.3 is 31.3 Å². The highest BCUT2D eigenvalue weighted by Gasteiger charge is 2.28. The lowest BCUT2D eigenvalue weighted by Crippen LogP contribution is -2.48. The van der Waals surface area contributed by atoms with Crippen LogP contribution >= 0.6 is 0 Å². The Bertz CT molecular complexity index is 109. The Kier molecular flexibility index (Phi) is 5.31. The van der Waals surface area contributed by atoms with E-state index >= 15 is 0 Å². The van der Waals surface area contributed by atoms with Crippen LogP contribution in [0.15, 0.2) is 0 Å². The van der Waals surface area contributed by atoms with Gasteiger partial charge in [0.05, 0.1) is 12.7 Å². The molecule has 4 atom stereocenters. The first kappa shape index (κ1) is 11.8. The van der Waals surface area contributed by atoms with Crippen LogP contribution in [0.5, 0.6) is 0 Å². The maximum atomic E-state index is 9.04. The van der Waals surface area contributed by atoms with Gasteiger partial charge in [-0.3, -0.25) is 0 Å². The molecule has 0 aromatic heterocycles. The van der Waals surface area contributed by atoms with E-state index in [0.29, 0.717) is 0 Å². The summed E-state index contributed by atoms with van der Waals surface area (Å²) in [6.45, 7) is -0.911. The average molecular weight is 181 g/mol. The molecule has 0 aliphatic heterocycles. The van der Waals surface area contributed by atoms with Crippen LogP contribution in [0.1, 0.15) is 0 Å². The van der Waals surface area contributed by atoms with Crippen molar-refractivity contribution in [1.29, 1.82) is 0 Å². The monoisotopic (exact) mass is 181 g/mol. The normalized spacial score (nSPS) is 21.5. The van der Waals surface area contributed by atoms with Crippen LogP contribution in [0.3, 0.4) is 0 Å². The van der Waals surface area contributed by atoms with Crippen molar-refractivity contribution in [3.8, 4) is 0 Å². The first-order valence-corrected chi connectivity index (χ1v) is 3.57. The lowest BCUT2D eigenvalue weighted by Gasteiger charge is -2.24. The molecule has 0 aliphatic carbocycles. The number of rotatable bonds is 5. The van der Waals surface area contributed by atoms with E-state index in [1.165, 1.54) is 0 Å². The Hall–Kier alpha value is -0.240. The van der Waals surface area contributed by atoms with Crippen molar-refractivity contribution in [2.24, 2.45) is 5.73 Å². The van der Waals surface area contributed by atoms with Crippen molar-refractivity contribution in [3.63, 3.8) is 0 Å². The summed E-state index contributed by atoms with van der Waals surface area (Å²) in [7, 11) is 0. The molecule has 0 spiro atoms. The second-order valence-corrected chi connectivity index (χ2v) is 2.53. The molecule has 0 aliphatic rings. The Labute approximate surface area is 69.9 Å². The third-order valence-electron chi connectivity index (χ3n) is 1.57. The van der Waals surface area contributed by atoms with Gasteiger partial charge in [0.25, 0.3) is 0 Å². The van der Waals surface area contributed by atoms with Crippen LogP contribution in [0.4, 0.5) is 0 Å². The number of hydrogen-bond donors (Lipinski definition) is 6. The van der Waals surface area contributed by atoms with E-state index in [0.717, 1.165) is 0 Å². The fourth-order valence-corrected chi connectivity index (χ4v) is 0.703. The Morgan fingerprint density at radius 2 is 1.33 bits per heavy atom. The number of hydrogen-bond acceptors (Lipinski definition) is 6. The van der Waals surface area contributed by atoms with Gasteiger partial charge in [-0.15, -0.1) is 0 Å². The maximum Gasteiger partial charge on any atom is 0.111 e. The van der Waals surface area contributed by atoms with Gasteiger partial charge in [-0.1, -0.05) is 0 Å². The topological polar surface area (TPSA) is 127 Å². The Morgan fingerprint density at radius 1 is 0.917 bits per heavy atom. The van der Waals surface area contributed by atoms with Crippen molar-refractivity contribution < 1.29 is 25.5 Å². The molecular formula is C6H15NO5. The van der Waals surface area contributed by atoms with E-state index in [-0.39, 0.29) is 6.54 Å². The third-order valence-corrected chi connectivity index (χ3v) is 1.57. The lowest BCUT2D eigenvalue weighted by atomic mass is 10.0. The molecule has 12 heavy (non-hydrogen) atoms. The third kappa shape index (κ3) is 3.02. The fraction of sp³-hybridized carbons (Fsp3) is 1.00. The molecule has 0 saturated heterocycles. The molecule has 0 amide bonds. The summed E-state index contributed by atoms with van der Waals surface area (Å²) in [6.07, 6.45) is -5.91. The summed E-state index contributed by atoms with van der Waals surface area (Å²) in [6, 6.07) is 0. The second-order valence-electron chi connectivity index (χ2n) is 2.53. The zero-order valence-electron chi connectivity index (χ0n) is 6.54. The standard InChI is InChI=1S/C6H15NO5/c7-1-3(9)5(11)6(12)4(10)2-8/h3-6,8-12H,1-2,7H2/t3?,4-,5?,6?/m1/s1. The first-order chi connectivity index (χ1) is 5.54. The molecule has 0 bridgehead atoms. The average Bonchev–Trinajstić information content (AvgIpc) is 2.12. The highest BCUT2D eigenvalue weighted by atomic mass is 16.4. The van der Waals surface area contributed by atoms with Crippen molar-refractivity contribution in [2.45, 2.75) is 24.4 Å². The molecule has 0 aromatic carbocycles. The van der Waals surface area contributed by atoms with Crippen molar-refractivity contribution >= 4 is 0 Å². The molecular weight excluding hydrogens is 166 g/mol. The summed E-state index contributed by atoms with van der Waals surface area (Å²) in [4.78, 5) is 0. The molecule has 3 unspecified atom stereocenters. The number of aliphatic hydroxyl groups is 5. The summed E-state index contributed by atoms with van der Waals surface area (Å²) in [5.41, 5.74) is 4.99. The van der Waals surface area contributed by atoms with Crippen molar-refractivity contribution in [3.05, 3.63) is 0 Å². The Balaban J connectivity index is 3.99. The van der Waals surface area contributed by atoms with Crippen LogP contribution < -0.4 is 5.73 Å². The minimum absolute atomic E-state index is 0.226. The fourth-order valence-electron chi connectivity index (χ4n) is 0.703. The molecule has 6 heteroatoms. The van der Waals surface area contributed by atoms with Gasteiger partial charge in [-0.25, -0.2) is 0 Å². The van der Waals surface area contributed by atoms with E-state index in [2.05, 4.69) is 0 Å². The predicted molar refractivity (Wildman–Crippen MR) is 40.2 cm³/mol. The van der Waals surface area contributed by atoms with E-state index in [1.807, 2.05) is 0 Å². The van der Waals surface area contributed by atoms with Crippen molar-refractivity contribution in [1.82, 2.24) is 0 Å². The highest BCUT2D eigenvalue weighted by molar-refractivity contribution is 4.80. The van der Waals surface area contributed by atoms with Crippen LogP contribution in [-0.2, 0) is 0 Å². The molecule has 7 N–H and O–H groups in total. The molecule has 74 valence electrons. The minimum atomic E-state index is -1.59. The van der Waals surface area contributed by atoms with Gasteiger partial charge in [-0.05, 0) is 0 Å². The van der Waals surface area contributed by atoms with Gasteiger partial charge in [0, 0.05) is 6.54 Å². The molecule has 0 aromatic rings. The summed E-state index contributed by atoms with van der Waals surface area (Å²) in [5, 5.41) is 44.2. The van der Waals surface area contributed by atoms with Gasteiger partial charge in [0.2, 0.25) is 0 Å². The predicted octanol–water partition coefficient (Wildman–Crippen LogP) is -3.62. The molecule has 0 radical (unpaired) electrons. The van der Waals surface area contributed by atoms with Crippen LogP contribution in [0.25, 0.3) is 0 Å². The molecule has 0 fully saturated rings. The van der Waals surface area contributed by atoms with Gasteiger partial charge in [-0.2, -0.15) is 0 Å². The van der Waals surface area contributed by atoms with Gasteiger partial charge in [0.1, 0.15) is 18.3 Å². The smallest absolute Gasteiger partial charge is 0.111 e. The zero-order valence-corrected chi connectivity index (χ0v) is 6.54. The summed E-state index contributed by atoms with van der Waals surface area (Å²) < 4.78 is 0. The van der Waals surface area contributed by atoms with Crippen LogP contribution in [-0.4, -0.2) is 63.1 Å². The molecule has 0 rings (SSSR count). The highest BCUT2D eigenvalue weighted by Crippen LogP contribution is 2.03. The van der Waals surface area contributed by atoms with E-state index in [1.54, 1.807) is 0 Å². The van der Waals surface area contributed by atoms with Crippen LogP contribution in [0.2, 0.25) is 0 Å². The first-order valence-electron chi connectivity index (χ1n) is 3.57. The summed E-state index contributed by atoms with van der Waals surface area (Å²) >= 11 is 0. The quantitative estimate of drug-likeness (QED) is 0.260. The van der Waals surface area contributed by atoms with Crippen molar-refractivity contribution in [2.75, 3.05) is 13.2 Å². The van der Waals surface area contributed by atoms with Gasteiger partial charge >= 0.3 is 0 Å². The SMILES string of the molecule is NCC(O)C(O)C(O)[C@H](O)CO. The minimum Gasteiger partial charge on any atom is -0.394 e. The van der Waals surface area contributed by atoms with Crippen LogP contribution in [0, 0.1) is 0 Å².